The Labute approximate surface area is 199 Å². The first-order chi connectivity index (χ1) is 16.1. The molecule has 0 bridgehead atoms. The maximum absolute atomic E-state index is 14.3. The summed E-state index contributed by atoms with van der Waals surface area (Å²) in [6.07, 6.45) is 5.57. The molecule has 1 fully saturated rings. The molecule has 2 N–H and O–H groups in total. The van der Waals surface area contributed by atoms with Crippen LogP contribution in [0.4, 0.5) is 16.0 Å². The van der Waals surface area contributed by atoms with Crippen LogP contribution in [0.2, 0.25) is 5.02 Å². The summed E-state index contributed by atoms with van der Waals surface area (Å²) >= 11 is 7.47. The third-order valence-corrected chi connectivity index (χ3v) is 7.23. The number of pyridine rings is 1. The second-order valence-electron chi connectivity index (χ2n) is 8.18. The smallest absolute Gasteiger partial charge is 0.183 e. The zero-order valence-corrected chi connectivity index (χ0v) is 19.2. The van der Waals surface area contributed by atoms with E-state index >= 15 is 0 Å². The number of anilines is 2. The number of aromatic amines is 1. The highest BCUT2D eigenvalue weighted by atomic mass is 35.5. The number of hydrogen-bond acceptors (Lipinski definition) is 7. The number of aromatic nitrogens is 5. The Hall–Kier alpha value is -3.04. The Morgan fingerprint density at radius 2 is 2.03 bits per heavy atom. The van der Waals surface area contributed by atoms with Gasteiger partial charge in [-0.25, -0.2) is 9.37 Å². The lowest BCUT2D eigenvalue weighted by Gasteiger charge is -2.38. The Morgan fingerprint density at radius 1 is 1.18 bits per heavy atom. The van der Waals surface area contributed by atoms with Crippen LogP contribution in [0, 0.1) is 5.82 Å². The molecule has 1 saturated carbocycles. The second-order valence-corrected chi connectivity index (χ2v) is 9.42. The van der Waals surface area contributed by atoms with Crippen LogP contribution >= 0.6 is 22.9 Å². The average molecular weight is 485 g/mol. The van der Waals surface area contributed by atoms with E-state index < -0.39 is 5.82 Å². The van der Waals surface area contributed by atoms with Crippen molar-refractivity contribution in [3.05, 3.63) is 75.7 Å². The first-order valence-electron chi connectivity index (χ1n) is 10.7. The van der Waals surface area contributed by atoms with Gasteiger partial charge in [0.15, 0.2) is 11.6 Å². The number of ether oxygens (including phenoxy) is 1. The van der Waals surface area contributed by atoms with Crippen LogP contribution in [0.15, 0.2) is 54.2 Å². The van der Waals surface area contributed by atoms with Crippen molar-refractivity contribution in [2.24, 2.45) is 0 Å². The van der Waals surface area contributed by atoms with Gasteiger partial charge < -0.3 is 10.1 Å². The van der Waals surface area contributed by atoms with E-state index in [0.717, 1.165) is 54.4 Å². The molecule has 0 atom stereocenters. The number of nitrogens with one attached hydrogen (secondary N) is 2. The zero-order chi connectivity index (χ0) is 22.7. The predicted molar refractivity (Wildman–Crippen MR) is 126 cm³/mol. The van der Waals surface area contributed by atoms with Crippen LogP contribution in [0.3, 0.4) is 0 Å². The summed E-state index contributed by atoms with van der Waals surface area (Å²) in [6, 6.07) is 12.6. The maximum atomic E-state index is 14.3. The second kappa shape index (κ2) is 9.44. The van der Waals surface area contributed by atoms with Gasteiger partial charge in [0, 0.05) is 23.6 Å². The fraction of sp³-hybridized carbons (Fsp3) is 0.304. The highest BCUT2D eigenvalue weighted by Gasteiger charge is 2.40. The first kappa shape index (κ1) is 21.8. The lowest BCUT2D eigenvalue weighted by Crippen LogP contribution is -2.37. The highest BCUT2D eigenvalue weighted by molar-refractivity contribution is 7.09. The van der Waals surface area contributed by atoms with Crippen molar-refractivity contribution >= 4 is 34.6 Å². The van der Waals surface area contributed by atoms with E-state index in [-0.39, 0.29) is 22.3 Å². The molecule has 1 aliphatic rings. The molecule has 3 aromatic heterocycles. The van der Waals surface area contributed by atoms with Gasteiger partial charge in [-0.3, -0.25) is 5.10 Å². The Kier molecular flexibility index (Phi) is 6.24. The van der Waals surface area contributed by atoms with Gasteiger partial charge in [-0.05, 0) is 49.9 Å². The Bertz CT molecular complexity index is 1200. The van der Waals surface area contributed by atoms with E-state index in [9.17, 15) is 4.39 Å². The van der Waals surface area contributed by atoms with Crippen LogP contribution in [-0.4, -0.2) is 31.5 Å². The summed E-state index contributed by atoms with van der Waals surface area (Å²) in [5.41, 5.74) is 2.55. The molecule has 0 saturated heterocycles. The lowest BCUT2D eigenvalue weighted by molar-refractivity contribution is 0.110. The third-order valence-electron chi connectivity index (χ3n) is 6.00. The van der Waals surface area contributed by atoms with Crippen LogP contribution < -0.4 is 10.1 Å². The van der Waals surface area contributed by atoms with Crippen molar-refractivity contribution in [2.75, 3.05) is 5.32 Å². The van der Waals surface area contributed by atoms with E-state index in [4.69, 9.17) is 21.3 Å². The van der Waals surface area contributed by atoms with E-state index in [0.29, 0.717) is 0 Å². The van der Waals surface area contributed by atoms with Gasteiger partial charge >= 0.3 is 0 Å². The molecule has 0 aliphatic heterocycles. The van der Waals surface area contributed by atoms with Crippen LogP contribution in [0.25, 0.3) is 0 Å². The van der Waals surface area contributed by atoms with Crippen molar-refractivity contribution in [1.29, 1.82) is 0 Å². The number of nitrogens with zero attached hydrogens (tertiary/aromatic N) is 4. The van der Waals surface area contributed by atoms with Gasteiger partial charge in [0.05, 0.1) is 17.3 Å². The molecular weight excluding hydrogens is 463 g/mol. The molecule has 10 heteroatoms. The number of rotatable bonds is 7. The fourth-order valence-corrected chi connectivity index (χ4v) is 5.33. The van der Waals surface area contributed by atoms with Crippen molar-refractivity contribution in [1.82, 2.24) is 25.4 Å². The van der Waals surface area contributed by atoms with Gasteiger partial charge in [-0.2, -0.15) is 5.10 Å². The molecular formula is C23H22ClFN6OS. The molecule has 0 unspecified atom stereocenters. The minimum absolute atomic E-state index is 0.0706. The van der Waals surface area contributed by atoms with Crippen LogP contribution in [-0.2, 0) is 11.8 Å². The van der Waals surface area contributed by atoms with Crippen molar-refractivity contribution < 1.29 is 9.13 Å². The summed E-state index contributed by atoms with van der Waals surface area (Å²) in [6.45, 7) is 0. The molecule has 3 heterocycles. The molecule has 7 nitrogen and oxygen atoms in total. The molecule has 170 valence electrons. The average Bonchev–Trinajstić information content (AvgIpc) is 3.54. The van der Waals surface area contributed by atoms with E-state index in [1.54, 1.807) is 35.2 Å². The van der Waals surface area contributed by atoms with E-state index in [2.05, 4.69) is 25.7 Å². The molecule has 5 rings (SSSR count). The SMILES string of the molecule is Fc1c(Cl)cccc1OC1CCC(Cc2cccc(Nc3ccn[nH]3)n2)(c2nncs2)CC1. The van der Waals surface area contributed by atoms with E-state index in [1.165, 1.54) is 6.07 Å². The molecule has 4 aromatic rings. The van der Waals surface area contributed by atoms with Crippen LogP contribution in [0.5, 0.6) is 5.75 Å². The summed E-state index contributed by atoms with van der Waals surface area (Å²) in [4.78, 5) is 4.81. The summed E-state index contributed by atoms with van der Waals surface area (Å²) in [5.74, 6) is 1.23. The van der Waals surface area contributed by atoms with Crippen molar-refractivity contribution in [3.8, 4) is 5.75 Å². The largest absolute Gasteiger partial charge is 0.487 e. The molecule has 1 aromatic carbocycles. The summed E-state index contributed by atoms with van der Waals surface area (Å²) in [7, 11) is 0. The number of H-pyrrole nitrogens is 1. The van der Waals surface area contributed by atoms with Gasteiger partial charge in [-0.15, -0.1) is 21.5 Å². The monoisotopic (exact) mass is 484 g/mol. The first-order valence-corrected chi connectivity index (χ1v) is 12.0. The molecule has 0 amide bonds. The highest BCUT2D eigenvalue weighted by Crippen LogP contribution is 2.43. The number of benzene rings is 1. The summed E-state index contributed by atoms with van der Waals surface area (Å²) in [5, 5.41) is 19.7. The van der Waals surface area contributed by atoms with E-state index in [1.807, 2.05) is 24.3 Å². The standard InChI is InChI=1S/C23H22ClFN6OS/c24-17-4-2-5-18(21(17)25)32-16-7-10-23(11-8-16,22-31-27-14-33-22)13-15-3-1-6-19(28-15)29-20-9-12-26-30-20/h1-6,9,12,14,16H,7-8,10-11,13H2,(H2,26,28,29,30). The van der Waals surface area contributed by atoms with Gasteiger partial charge in [0.1, 0.15) is 22.2 Å². The zero-order valence-electron chi connectivity index (χ0n) is 17.7. The van der Waals surface area contributed by atoms with Gasteiger partial charge in [-0.1, -0.05) is 23.7 Å². The molecule has 0 spiro atoms. The Morgan fingerprint density at radius 3 is 2.79 bits per heavy atom. The molecule has 33 heavy (non-hydrogen) atoms. The summed E-state index contributed by atoms with van der Waals surface area (Å²) < 4.78 is 20.3. The molecule has 1 aliphatic carbocycles. The van der Waals surface area contributed by atoms with Crippen LogP contribution in [0.1, 0.15) is 36.4 Å². The molecule has 0 radical (unpaired) electrons. The lowest BCUT2D eigenvalue weighted by atomic mass is 9.70. The van der Waals surface area contributed by atoms with Gasteiger partial charge in [0.2, 0.25) is 0 Å². The predicted octanol–water partition coefficient (Wildman–Crippen LogP) is 5.69. The van der Waals surface area contributed by atoms with Crippen molar-refractivity contribution in [2.45, 2.75) is 43.6 Å². The topological polar surface area (TPSA) is 88.6 Å². The van der Waals surface area contributed by atoms with Gasteiger partial charge in [0.25, 0.3) is 0 Å². The number of halogens is 2. The number of hydrogen-bond donors (Lipinski definition) is 2. The minimum atomic E-state index is -0.508. The fourth-order valence-electron chi connectivity index (χ4n) is 4.34. The quantitative estimate of drug-likeness (QED) is 0.350. The Balaban J connectivity index is 1.32. The normalized spacial score (nSPS) is 20.5. The maximum Gasteiger partial charge on any atom is 0.183 e. The van der Waals surface area contributed by atoms with Crippen molar-refractivity contribution in [3.63, 3.8) is 0 Å². The minimum Gasteiger partial charge on any atom is -0.487 e. The third kappa shape index (κ3) is 4.84.